The van der Waals surface area contributed by atoms with Crippen LogP contribution in [0.5, 0.6) is 5.75 Å². The summed E-state index contributed by atoms with van der Waals surface area (Å²) in [6.07, 6.45) is 0.0857. The minimum atomic E-state index is -1.91. The molecule has 0 bridgehead atoms. The van der Waals surface area contributed by atoms with Crippen molar-refractivity contribution in [3.63, 3.8) is 0 Å². The van der Waals surface area contributed by atoms with E-state index in [9.17, 15) is 5.11 Å². The van der Waals surface area contributed by atoms with Crippen molar-refractivity contribution < 1.29 is 9.53 Å². The fraction of sp³-hybridized carbons (Fsp3) is 0.429. The maximum Gasteiger partial charge on any atom is 0.250 e. The summed E-state index contributed by atoms with van der Waals surface area (Å²) in [6.45, 7) is 11.5. The molecule has 4 heteroatoms. The molecule has 1 unspecified atom stereocenters. The molecular weight excluding hydrogens is 326 g/mol. The molecule has 0 aromatic heterocycles. The average molecular weight is 358 g/mol. The summed E-state index contributed by atoms with van der Waals surface area (Å²) in [6, 6.07) is 16.2. The first-order valence-electron chi connectivity index (χ1n) is 8.88. The first kappa shape index (κ1) is 19.7. The molecule has 2 rings (SSSR count). The average Bonchev–Trinajstić information content (AvgIpc) is 2.55. The van der Waals surface area contributed by atoms with Gasteiger partial charge in [-0.3, -0.25) is 0 Å². The zero-order chi connectivity index (χ0) is 18.7. The summed E-state index contributed by atoms with van der Waals surface area (Å²) in [5.41, 5.74) is 8.79. The van der Waals surface area contributed by atoms with Gasteiger partial charge in [0.25, 0.3) is 0 Å². The lowest BCUT2D eigenvalue weighted by Gasteiger charge is -2.37. The Morgan fingerprint density at radius 2 is 1.56 bits per heavy atom. The normalized spacial score (nSPS) is 13.6. The lowest BCUT2D eigenvalue weighted by molar-refractivity contribution is 0.186. The second kappa shape index (κ2) is 7.73. The molecule has 2 aromatic rings. The molecule has 3 nitrogen and oxygen atoms in total. The zero-order valence-electron chi connectivity index (χ0n) is 16.0. The standard InChI is InChI=1S/C21H31NO2Si/c1-21(2,3)25(4,5)24-20-13-9-7-11-17(20)14-16-10-6-8-12-18(16)19(23)15-22/h6-13,19,23H,14-15,22H2,1-5H3. The summed E-state index contributed by atoms with van der Waals surface area (Å²) in [4.78, 5) is 0. The van der Waals surface area contributed by atoms with Crippen molar-refractivity contribution in [2.45, 2.75) is 51.4 Å². The van der Waals surface area contributed by atoms with E-state index in [1.54, 1.807) is 0 Å². The monoisotopic (exact) mass is 357 g/mol. The van der Waals surface area contributed by atoms with Gasteiger partial charge in [0, 0.05) is 13.0 Å². The van der Waals surface area contributed by atoms with Gasteiger partial charge in [-0.1, -0.05) is 63.2 Å². The molecule has 3 N–H and O–H groups in total. The first-order chi connectivity index (χ1) is 11.7. The van der Waals surface area contributed by atoms with Crippen LogP contribution in [-0.2, 0) is 6.42 Å². The molecular formula is C21H31NO2Si. The molecule has 0 saturated heterocycles. The molecule has 0 spiro atoms. The Morgan fingerprint density at radius 1 is 1.00 bits per heavy atom. The largest absolute Gasteiger partial charge is 0.543 e. The third-order valence-electron chi connectivity index (χ3n) is 5.16. The van der Waals surface area contributed by atoms with Gasteiger partial charge in [-0.2, -0.15) is 0 Å². The lowest BCUT2D eigenvalue weighted by atomic mass is 9.96. The minimum absolute atomic E-state index is 0.147. The zero-order valence-corrected chi connectivity index (χ0v) is 17.0. The summed E-state index contributed by atoms with van der Waals surface area (Å²) >= 11 is 0. The molecule has 0 aliphatic carbocycles. The fourth-order valence-electron chi connectivity index (χ4n) is 2.53. The topological polar surface area (TPSA) is 55.5 Å². The number of para-hydroxylation sites is 1. The molecule has 0 amide bonds. The number of aliphatic hydroxyl groups excluding tert-OH is 1. The highest BCUT2D eigenvalue weighted by atomic mass is 28.4. The van der Waals surface area contributed by atoms with Gasteiger partial charge in [-0.25, -0.2) is 0 Å². The predicted molar refractivity (Wildman–Crippen MR) is 108 cm³/mol. The van der Waals surface area contributed by atoms with Crippen LogP contribution in [0, 0.1) is 0 Å². The number of aliphatic hydroxyl groups is 1. The van der Waals surface area contributed by atoms with Crippen LogP contribution >= 0.6 is 0 Å². The van der Waals surface area contributed by atoms with Gasteiger partial charge >= 0.3 is 0 Å². The van der Waals surface area contributed by atoms with E-state index in [0.717, 1.165) is 28.9 Å². The Labute approximate surface area is 153 Å². The molecule has 136 valence electrons. The highest BCUT2D eigenvalue weighted by Gasteiger charge is 2.39. The Hall–Kier alpha value is -1.62. The third kappa shape index (κ3) is 4.72. The van der Waals surface area contributed by atoms with Crippen molar-refractivity contribution >= 4 is 8.32 Å². The van der Waals surface area contributed by atoms with Crippen LogP contribution in [0.3, 0.4) is 0 Å². The van der Waals surface area contributed by atoms with Gasteiger partial charge in [-0.05, 0) is 40.9 Å². The quantitative estimate of drug-likeness (QED) is 0.740. The van der Waals surface area contributed by atoms with Gasteiger partial charge < -0.3 is 15.3 Å². The second-order valence-corrected chi connectivity index (χ2v) is 12.8. The van der Waals surface area contributed by atoms with Crippen molar-refractivity contribution in [2.75, 3.05) is 6.54 Å². The first-order valence-corrected chi connectivity index (χ1v) is 11.8. The molecule has 2 aromatic carbocycles. The van der Waals surface area contributed by atoms with Gasteiger partial charge in [0.2, 0.25) is 8.32 Å². The maximum absolute atomic E-state index is 10.2. The highest BCUT2D eigenvalue weighted by molar-refractivity contribution is 6.74. The molecule has 1 atom stereocenters. The smallest absolute Gasteiger partial charge is 0.250 e. The maximum atomic E-state index is 10.2. The molecule has 0 fully saturated rings. The van der Waals surface area contributed by atoms with Crippen molar-refractivity contribution in [3.8, 4) is 5.75 Å². The number of hydrogen-bond donors (Lipinski definition) is 2. The van der Waals surface area contributed by atoms with E-state index in [2.05, 4.69) is 52.1 Å². The summed E-state index contributed by atoms with van der Waals surface area (Å²) in [5, 5.41) is 10.3. The van der Waals surface area contributed by atoms with E-state index in [1.807, 2.05) is 30.3 Å². The van der Waals surface area contributed by atoms with E-state index in [0.29, 0.717) is 0 Å². The number of hydrogen-bond acceptors (Lipinski definition) is 3. The van der Waals surface area contributed by atoms with Crippen LogP contribution in [0.1, 0.15) is 43.6 Å². The Bertz CT molecular complexity index is 707. The number of benzene rings is 2. The van der Waals surface area contributed by atoms with Crippen LogP contribution in [0.15, 0.2) is 48.5 Å². The van der Waals surface area contributed by atoms with E-state index in [-0.39, 0.29) is 11.6 Å². The third-order valence-corrected chi connectivity index (χ3v) is 9.50. The van der Waals surface area contributed by atoms with Crippen molar-refractivity contribution in [1.29, 1.82) is 0 Å². The number of rotatable bonds is 6. The summed E-state index contributed by atoms with van der Waals surface area (Å²) in [7, 11) is -1.91. The fourth-order valence-corrected chi connectivity index (χ4v) is 3.58. The van der Waals surface area contributed by atoms with E-state index in [1.165, 1.54) is 0 Å². The predicted octanol–water partition coefficient (Wildman–Crippen LogP) is 4.65. The van der Waals surface area contributed by atoms with Crippen LogP contribution in [0.25, 0.3) is 0 Å². The molecule has 0 aliphatic heterocycles. The van der Waals surface area contributed by atoms with Crippen molar-refractivity contribution in [2.24, 2.45) is 5.73 Å². The minimum Gasteiger partial charge on any atom is -0.543 e. The molecule has 0 saturated carbocycles. The SMILES string of the molecule is CC(C)(C)[Si](C)(C)Oc1ccccc1Cc1ccccc1C(O)CN. The van der Waals surface area contributed by atoms with Gasteiger partial charge in [0.1, 0.15) is 5.75 Å². The van der Waals surface area contributed by atoms with E-state index >= 15 is 0 Å². The summed E-state index contributed by atoms with van der Waals surface area (Å²) in [5.74, 6) is 0.950. The van der Waals surface area contributed by atoms with Gasteiger partial charge in [-0.15, -0.1) is 0 Å². The molecule has 0 radical (unpaired) electrons. The van der Waals surface area contributed by atoms with Gasteiger partial charge in [0.15, 0.2) is 0 Å². The summed E-state index contributed by atoms with van der Waals surface area (Å²) < 4.78 is 6.55. The Balaban J connectivity index is 2.34. The van der Waals surface area contributed by atoms with Crippen LogP contribution in [0.2, 0.25) is 18.1 Å². The molecule has 0 aliphatic rings. The Kier molecular flexibility index (Phi) is 6.09. The van der Waals surface area contributed by atoms with Crippen LogP contribution < -0.4 is 10.2 Å². The lowest BCUT2D eigenvalue weighted by Crippen LogP contribution is -2.44. The molecule has 25 heavy (non-hydrogen) atoms. The molecule has 0 heterocycles. The van der Waals surface area contributed by atoms with E-state index in [4.69, 9.17) is 10.2 Å². The second-order valence-electron chi connectivity index (χ2n) is 8.10. The van der Waals surface area contributed by atoms with Crippen molar-refractivity contribution in [3.05, 3.63) is 65.2 Å². The Morgan fingerprint density at radius 3 is 2.16 bits per heavy atom. The van der Waals surface area contributed by atoms with Gasteiger partial charge in [0.05, 0.1) is 6.10 Å². The highest BCUT2D eigenvalue weighted by Crippen LogP contribution is 2.38. The number of nitrogens with two attached hydrogens (primary N) is 1. The van der Waals surface area contributed by atoms with Crippen LogP contribution in [-0.4, -0.2) is 20.0 Å². The van der Waals surface area contributed by atoms with Crippen molar-refractivity contribution in [1.82, 2.24) is 0 Å². The van der Waals surface area contributed by atoms with E-state index < -0.39 is 14.4 Å². The van der Waals surface area contributed by atoms with Crippen LogP contribution in [0.4, 0.5) is 0 Å².